The Hall–Kier alpha value is -2.12. The third-order valence-electron chi connectivity index (χ3n) is 5.24. The Morgan fingerprint density at radius 1 is 0.969 bits per heavy atom. The predicted molar refractivity (Wildman–Crippen MR) is 116 cm³/mol. The molecule has 8 heteroatoms. The molecule has 32 heavy (non-hydrogen) atoms. The molecule has 1 atom stereocenters. The van der Waals surface area contributed by atoms with Crippen molar-refractivity contribution in [1.29, 1.82) is 0 Å². The lowest BCUT2D eigenvalue weighted by molar-refractivity contribution is -0.147. The molecule has 0 saturated carbocycles. The highest BCUT2D eigenvalue weighted by molar-refractivity contribution is 5.97. The lowest BCUT2D eigenvalue weighted by Gasteiger charge is -2.21. The summed E-state index contributed by atoms with van der Waals surface area (Å²) in [6, 6.07) is 0.501. The van der Waals surface area contributed by atoms with Gasteiger partial charge in [0.05, 0.1) is 17.7 Å². The van der Waals surface area contributed by atoms with Gasteiger partial charge in [0.25, 0.3) is 5.91 Å². The molecule has 0 saturated heterocycles. The standard InChI is InChI=1S/C24H35F4NO3/c1-4-5-6-7-8-9-10-11-12-15-32-23(31)21(17(2)3)29-22(30)19-16-18(24(26,27)28)13-14-20(19)25/h13-14,16-17,21H,4-12,15H2,1-3H3,(H,29,30). The molecular formula is C24H35F4NO3. The molecule has 0 bridgehead atoms. The van der Waals surface area contributed by atoms with E-state index >= 15 is 0 Å². The zero-order valence-corrected chi connectivity index (χ0v) is 19.2. The van der Waals surface area contributed by atoms with Crippen molar-refractivity contribution >= 4 is 11.9 Å². The molecule has 0 heterocycles. The lowest BCUT2D eigenvalue weighted by Crippen LogP contribution is -2.45. The van der Waals surface area contributed by atoms with Crippen LogP contribution in [-0.4, -0.2) is 24.5 Å². The summed E-state index contributed by atoms with van der Waals surface area (Å²) in [5.74, 6) is -3.25. The molecule has 0 spiro atoms. The van der Waals surface area contributed by atoms with E-state index in [0.29, 0.717) is 24.6 Å². The second kappa shape index (κ2) is 14.1. The molecule has 0 aliphatic rings. The van der Waals surface area contributed by atoms with Crippen LogP contribution in [-0.2, 0) is 15.7 Å². The van der Waals surface area contributed by atoms with Gasteiger partial charge < -0.3 is 10.1 Å². The highest BCUT2D eigenvalue weighted by atomic mass is 19.4. The smallest absolute Gasteiger partial charge is 0.416 e. The summed E-state index contributed by atoms with van der Waals surface area (Å²) in [6.45, 7) is 5.70. The van der Waals surface area contributed by atoms with Gasteiger partial charge in [-0.25, -0.2) is 9.18 Å². The van der Waals surface area contributed by atoms with Crippen molar-refractivity contribution in [3.63, 3.8) is 0 Å². The number of halogens is 4. The summed E-state index contributed by atoms with van der Waals surface area (Å²) in [5, 5.41) is 2.32. The molecule has 0 aliphatic heterocycles. The van der Waals surface area contributed by atoms with Crippen LogP contribution in [0.3, 0.4) is 0 Å². The monoisotopic (exact) mass is 461 g/mol. The third kappa shape index (κ3) is 10.0. The topological polar surface area (TPSA) is 55.4 Å². The summed E-state index contributed by atoms with van der Waals surface area (Å²) in [4.78, 5) is 24.8. The predicted octanol–water partition coefficient (Wildman–Crippen LogP) is 6.67. The first-order chi connectivity index (χ1) is 15.1. The first-order valence-corrected chi connectivity index (χ1v) is 11.4. The number of hydrogen-bond acceptors (Lipinski definition) is 3. The minimum atomic E-state index is -4.71. The van der Waals surface area contributed by atoms with E-state index in [2.05, 4.69) is 12.2 Å². The summed E-state index contributed by atoms with van der Waals surface area (Å²) in [5.41, 5.74) is -1.91. The molecule has 1 rings (SSSR count). The molecule has 1 aromatic carbocycles. The Kier molecular flexibility index (Phi) is 12.3. The maximum atomic E-state index is 14.0. The highest BCUT2D eigenvalue weighted by Crippen LogP contribution is 2.30. The van der Waals surface area contributed by atoms with Crippen LogP contribution in [0.15, 0.2) is 18.2 Å². The molecule has 1 aromatic rings. The van der Waals surface area contributed by atoms with Crippen molar-refractivity contribution in [2.45, 2.75) is 90.8 Å². The Morgan fingerprint density at radius 2 is 1.53 bits per heavy atom. The van der Waals surface area contributed by atoms with Crippen molar-refractivity contribution < 1.29 is 31.9 Å². The van der Waals surface area contributed by atoms with Crippen LogP contribution < -0.4 is 5.32 Å². The number of hydrogen-bond donors (Lipinski definition) is 1. The summed E-state index contributed by atoms with van der Waals surface area (Å²) >= 11 is 0. The Bertz CT molecular complexity index is 720. The lowest BCUT2D eigenvalue weighted by atomic mass is 10.0. The zero-order valence-electron chi connectivity index (χ0n) is 19.2. The molecule has 4 nitrogen and oxygen atoms in total. The van der Waals surface area contributed by atoms with E-state index in [1.165, 1.54) is 32.1 Å². The highest BCUT2D eigenvalue weighted by Gasteiger charge is 2.33. The number of amides is 1. The van der Waals surface area contributed by atoms with E-state index in [1.807, 2.05) is 0 Å². The van der Waals surface area contributed by atoms with Gasteiger partial charge in [-0.05, 0) is 30.5 Å². The van der Waals surface area contributed by atoms with Crippen LogP contribution in [0, 0.1) is 11.7 Å². The van der Waals surface area contributed by atoms with E-state index in [9.17, 15) is 27.2 Å². The fraction of sp³-hybridized carbons (Fsp3) is 0.667. The van der Waals surface area contributed by atoms with Crippen molar-refractivity contribution in [3.05, 3.63) is 35.1 Å². The van der Waals surface area contributed by atoms with Gasteiger partial charge in [0.15, 0.2) is 0 Å². The van der Waals surface area contributed by atoms with Gasteiger partial charge in [0.1, 0.15) is 11.9 Å². The second-order valence-corrected chi connectivity index (χ2v) is 8.38. The van der Waals surface area contributed by atoms with Crippen LogP contribution in [0.4, 0.5) is 17.6 Å². The Labute approximate surface area is 188 Å². The molecule has 1 N–H and O–H groups in total. The first-order valence-electron chi connectivity index (χ1n) is 11.4. The van der Waals surface area contributed by atoms with E-state index < -0.39 is 41.0 Å². The van der Waals surface area contributed by atoms with E-state index in [-0.39, 0.29) is 12.5 Å². The molecular weight excluding hydrogens is 426 g/mol. The van der Waals surface area contributed by atoms with E-state index in [1.54, 1.807) is 13.8 Å². The minimum Gasteiger partial charge on any atom is -0.464 e. The molecule has 1 unspecified atom stereocenters. The Balaban J connectivity index is 2.51. The van der Waals surface area contributed by atoms with Crippen LogP contribution in [0.5, 0.6) is 0 Å². The fourth-order valence-corrected chi connectivity index (χ4v) is 3.27. The number of unbranched alkanes of at least 4 members (excludes halogenated alkanes) is 8. The third-order valence-corrected chi connectivity index (χ3v) is 5.24. The zero-order chi connectivity index (χ0) is 24.1. The minimum absolute atomic E-state index is 0.200. The molecule has 0 fully saturated rings. The van der Waals surface area contributed by atoms with Crippen molar-refractivity contribution in [2.75, 3.05) is 6.61 Å². The number of benzene rings is 1. The van der Waals surface area contributed by atoms with Gasteiger partial charge in [-0.15, -0.1) is 0 Å². The second-order valence-electron chi connectivity index (χ2n) is 8.38. The van der Waals surface area contributed by atoms with Crippen molar-refractivity contribution in [1.82, 2.24) is 5.32 Å². The molecule has 0 radical (unpaired) electrons. The van der Waals surface area contributed by atoms with Crippen LogP contribution >= 0.6 is 0 Å². The number of carbonyl (C=O) groups is 2. The fourth-order valence-electron chi connectivity index (χ4n) is 3.27. The average molecular weight is 462 g/mol. The van der Waals surface area contributed by atoms with Gasteiger partial charge in [-0.1, -0.05) is 72.1 Å². The molecule has 1 amide bonds. The van der Waals surface area contributed by atoms with Gasteiger partial charge >= 0.3 is 12.1 Å². The van der Waals surface area contributed by atoms with Gasteiger partial charge in [0, 0.05) is 0 Å². The first kappa shape index (κ1) is 27.9. The number of ether oxygens (including phenoxy) is 1. The van der Waals surface area contributed by atoms with Gasteiger partial charge in [-0.2, -0.15) is 13.2 Å². The number of rotatable bonds is 14. The van der Waals surface area contributed by atoms with Crippen LogP contribution in [0.1, 0.15) is 94.5 Å². The van der Waals surface area contributed by atoms with E-state index in [4.69, 9.17) is 4.74 Å². The maximum Gasteiger partial charge on any atom is 0.416 e. The summed E-state index contributed by atoms with van der Waals surface area (Å²) in [7, 11) is 0. The van der Waals surface area contributed by atoms with Crippen LogP contribution in [0.2, 0.25) is 0 Å². The van der Waals surface area contributed by atoms with Gasteiger partial charge in [0.2, 0.25) is 0 Å². The number of nitrogens with one attached hydrogen (secondary N) is 1. The summed E-state index contributed by atoms with van der Waals surface area (Å²) < 4.78 is 57.8. The largest absolute Gasteiger partial charge is 0.464 e. The van der Waals surface area contributed by atoms with Gasteiger partial charge in [-0.3, -0.25) is 4.79 Å². The van der Waals surface area contributed by atoms with Crippen molar-refractivity contribution in [3.8, 4) is 0 Å². The molecule has 0 aromatic heterocycles. The van der Waals surface area contributed by atoms with Crippen molar-refractivity contribution in [2.24, 2.45) is 5.92 Å². The number of carbonyl (C=O) groups excluding carboxylic acids is 2. The normalized spacial score (nSPS) is 12.6. The SMILES string of the molecule is CCCCCCCCCCCOC(=O)C(NC(=O)c1cc(C(F)(F)F)ccc1F)C(C)C. The van der Waals surface area contributed by atoms with Crippen LogP contribution in [0.25, 0.3) is 0 Å². The quantitative estimate of drug-likeness (QED) is 0.191. The maximum absolute atomic E-state index is 14.0. The molecule has 0 aliphatic carbocycles. The number of esters is 1. The summed E-state index contributed by atoms with van der Waals surface area (Å²) in [6.07, 6.45) is 5.31. The average Bonchev–Trinajstić information content (AvgIpc) is 2.72. The molecule has 182 valence electrons. The number of alkyl halides is 3. The van der Waals surface area contributed by atoms with E-state index in [0.717, 1.165) is 19.3 Å². The Morgan fingerprint density at radius 3 is 2.06 bits per heavy atom.